The van der Waals surface area contributed by atoms with Crippen LogP contribution in [0.4, 0.5) is 0 Å². The first-order valence-corrected chi connectivity index (χ1v) is 6.62. The molecule has 2 heterocycles. The van der Waals surface area contributed by atoms with Crippen molar-refractivity contribution in [1.82, 2.24) is 14.9 Å². The first-order valence-electron chi connectivity index (χ1n) is 6.62. The molecule has 18 heavy (non-hydrogen) atoms. The number of hydrogen-bond donors (Lipinski definition) is 2. The van der Waals surface area contributed by atoms with E-state index in [-0.39, 0.29) is 0 Å². The van der Waals surface area contributed by atoms with Gasteiger partial charge in [-0.05, 0) is 37.4 Å². The predicted molar refractivity (Wildman–Crippen MR) is 71.2 cm³/mol. The van der Waals surface area contributed by atoms with Crippen molar-refractivity contribution in [3.05, 3.63) is 30.1 Å². The summed E-state index contributed by atoms with van der Waals surface area (Å²) in [7, 11) is 0. The Labute approximate surface area is 107 Å². The lowest BCUT2D eigenvalue weighted by molar-refractivity contribution is 0.114. The van der Waals surface area contributed by atoms with Gasteiger partial charge in [0.1, 0.15) is 5.82 Å². The van der Waals surface area contributed by atoms with Gasteiger partial charge >= 0.3 is 0 Å². The zero-order valence-electron chi connectivity index (χ0n) is 10.5. The molecule has 0 amide bonds. The number of aliphatic hydroxyl groups is 1. The van der Waals surface area contributed by atoms with Crippen LogP contribution >= 0.6 is 0 Å². The van der Waals surface area contributed by atoms with Crippen molar-refractivity contribution in [1.29, 1.82) is 0 Å². The van der Waals surface area contributed by atoms with Crippen molar-refractivity contribution in [2.24, 2.45) is 5.92 Å². The Morgan fingerprint density at radius 3 is 3.11 bits per heavy atom. The highest BCUT2D eigenvalue weighted by atomic mass is 16.3. The second kappa shape index (κ2) is 5.08. The standard InChI is InChI=1S/C14H19N3O/c18-10-11-4-3-7-17(8-11)9-14-15-12-5-1-2-6-13(12)16-14/h1-2,5-6,11,18H,3-4,7-10H2,(H,15,16). The van der Waals surface area contributed by atoms with Gasteiger partial charge in [-0.1, -0.05) is 12.1 Å². The van der Waals surface area contributed by atoms with Crippen molar-refractivity contribution in [2.45, 2.75) is 19.4 Å². The maximum atomic E-state index is 9.24. The number of benzene rings is 1. The minimum Gasteiger partial charge on any atom is -0.396 e. The van der Waals surface area contributed by atoms with Gasteiger partial charge in [0, 0.05) is 13.2 Å². The topological polar surface area (TPSA) is 52.1 Å². The molecule has 0 aliphatic carbocycles. The average molecular weight is 245 g/mol. The van der Waals surface area contributed by atoms with Crippen LogP contribution in [0.3, 0.4) is 0 Å². The first kappa shape index (κ1) is 11.7. The van der Waals surface area contributed by atoms with Gasteiger partial charge in [-0.2, -0.15) is 0 Å². The second-order valence-corrected chi connectivity index (χ2v) is 5.13. The minimum absolute atomic E-state index is 0.302. The Kier molecular flexibility index (Phi) is 3.30. The highest BCUT2D eigenvalue weighted by Crippen LogP contribution is 2.18. The number of imidazole rings is 1. The number of hydrogen-bond acceptors (Lipinski definition) is 3. The molecule has 1 fully saturated rings. The summed E-state index contributed by atoms with van der Waals surface area (Å²) in [6, 6.07) is 8.11. The first-order chi connectivity index (χ1) is 8.85. The number of aromatic nitrogens is 2. The molecule has 4 heteroatoms. The van der Waals surface area contributed by atoms with E-state index in [1.165, 1.54) is 6.42 Å². The lowest BCUT2D eigenvalue weighted by Gasteiger charge is -2.30. The van der Waals surface area contributed by atoms with Crippen LogP contribution in [0.2, 0.25) is 0 Å². The molecule has 3 rings (SSSR count). The number of aromatic amines is 1. The largest absolute Gasteiger partial charge is 0.396 e. The Morgan fingerprint density at radius 2 is 2.28 bits per heavy atom. The van der Waals surface area contributed by atoms with Crippen LogP contribution < -0.4 is 0 Å². The molecule has 1 atom stereocenters. The van der Waals surface area contributed by atoms with Crippen LogP contribution in [-0.4, -0.2) is 39.7 Å². The van der Waals surface area contributed by atoms with Gasteiger partial charge in [0.15, 0.2) is 0 Å². The Morgan fingerprint density at radius 1 is 1.39 bits per heavy atom. The second-order valence-electron chi connectivity index (χ2n) is 5.13. The molecule has 1 aromatic heterocycles. The van der Waals surface area contributed by atoms with Crippen LogP contribution in [0.25, 0.3) is 11.0 Å². The fraction of sp³-hybridized carbons (Fsp3) is 0.500. The summed E-state index contributed by atoms with van der Waals surface area (Å²) in [5, 5.41) is 9.24. The van der Waals surface area contributed by atoms with Crippen LogP contribution in [0, 0.1) is 5.92 Å². The molecule has 0 saturated carbocycles. The highest BCUT2D eigenvalue weighted by molar-refractivity contribution is 5.74. The molecule has 1 saturated heterocycles. The van der Waals surface area contributed by atoms with Gasteiger partial charge in [0.25, 0.3) is 0 Å². The number of likely N-dealkylation sites (tertiary alicyclic amines) is 1. The average Bonchev–Trinajstić information content (AvgIpc) is 2.81. The zero-order chi connectivity index (χ0) is 12.4. The van der Waals surface area contributed by atoms with Gasteiger partial charge in [-0.15, -0.1) is 0 Å². The third kappa shape index (κ3) is 2.40. The van der Waals surface area contributed by atoms with Gasteiger partial charge in [-0.3, -0.25) is 4.90 Å². The molecule has 2 N–H and O–H groups in total. The minimum atomic E-state index is 0.302. The quantitative estimate of drug-likeness (QED) is 0.866. The number of fused-ring (bicyclic) bond motifs is 1. The van der Waals surface area contributed by atoms with E-state index >= 15 is 0 Å². The number of nitrogens with zero attached hydrogens (tertiary/aromatic N) is 2. The third-order valence-corrected chi connectivity index (χ3v) is 3.67. The van der Waals surface area contributed by atoms with Crippen LogP contribution in [0.5, 0.6) is 0 Å². The van der Waals surface area contributed by atoms with E-state index in [1.807, 2.05) is 18.2 Å². The van der Waals surface area contributed by atoms with E-state index in [4.69, 9.17) is 0 Å². The Hall–Kier alpha value is -1.39. The van der Waals surface area contributed by atoms with Crippen molar-refractivity contribution >= 4 is 11.0 Å². The molecule has 96 valence electrons. The number of nitrogens with one attached hydrogen (secondary N) is 1. The molecule has 1 aliphatic heterocycles. The smallest absolute Gasteiger partial charge is 0.121 e. The summed E-state index contributed by atoms with van der Waals surface area (Å²) < 4.78 is 0. The van der Waals surface area contributed by atoms with E-state index in [1.54, 1.807) is 0 Å². The van der Waals surface area contributed by atoms with E-state index in [2.05, 4.69) is 20.9 Å². The number of piperidine rings is 1. The maximum Gasteiger partial charge on any atom is 0.121 e. The van der Waals surface area contributed by atoms with Crippen LogP contribution in [0.15, 0.2) is 24.3 Å². The molecule has 4 nitrogen and oxygen atoms in total. The summed E-state index contributed by atoms with van der Waals surface area (Å²) in [5.41, 5.74) is 2.13. The van der Waals surface area contributed by atoms with Gasteiger partial charge in [-0.25, -0.2) is 4.98 Å². The third-order valence-electron chi connectivity index (χ3n) is 3.67. The molecular weight excluding hydrogens is 226 g/mol. The number of aliphatic hydroxyl groups excluding tert-OH is 1. The Bertz CT molecular complexity index is 489. The van der Waals surface area contributed by atoms with Crippen molar-refractivity contribution in [2.75, 3.05) is 19.7 Å². The predicted octanol–water partition coefficient (Wildman–Crippen LogP) is 1.77. The molecule has 0 bridgehead atoms. The normalized spacial score (nSPS) is 21.5. The number of para-hydroxylation sites is 2. The highest BCUT2D eigenvalue weighted by Gasteiger charge is 2.19. The van der Waals surface area contributed by atoms with Crippen LogP contribution in [-0.2, 0) is 6.54 Å². The summed E-state index contributed by atoms with van der Waals surface area (Å²) in [5.74, 6) is 1.46. The molecular formula is C14H19N3O. The van der Waals surface area contributed by atoms with Gasteiger partial charge in [0.2, 0.25) is 0 Å². The zero-order valence-corrected chi connectivity index (χ0v) is 10.5. The summed E-state index contributed by atoms with van der Waals surface area (Å²) >= 11 is 0. The fourth-order valence-corrected chi connectivity index (χ4v) is 2.74. The van der Waals surface area contributed by atoms with E-state index < -0.39 is 0 Å². The van der Waals surface area contributed by atoms with E-state index in [9.17, 15) is 5.11 Å². The fourth-order valence-electron chi connectivity index (χ4n) is 2.74. The maximum absolute atomic E-state index is 9.24. The van der Waals surface area contributed by atoms with E-state index in [0.717, 1.165) is 42.9 Å². The molecule has 0 spiro atoms. The SMILES string of the molecule is OCC1CCCN(Cc2nc3ccccc3[nH]2)C1. The van der Waals surface area contributed by atoms with Crippen molar-refractivity contribution in [3.63, 3.8) is 0 Å². The number of H-pyrrole nitrogens is 1. The monoisotopic (exact) mass is 245 g/mol. The van der Waals surface area contributed by atoms with Gasteiger partial charge in [0.05, 0.1) is 17.6 Å². The number of rotatable bonds is 3. The summed E-state index contributed by atoms with van der Waals surface area (Å²) in [6.07, 6.45) is 2.32. The molecule has 1 unspecified atom stereocenters. The molecule has 1 aliphatic rings. The summed E-state index contributed by atoms with van der Waals surface area (Å²) in [6.45, 7) is 3.24. The summed E-state index contributed by atoms with van der Waals surface area (Å²) in [4.78, 5) is 10.3. The lowest BCUT2D eigenvalue weighted by atomic mass is 9.99. The Balaban J connectivity index is 1.71. The lowest BCUT2D eigenvalue weighted by Crippen LogP contribution is -2.36. The van der Waals surface area contributed by atoms with Crippen molar-refractivity contribution < 1.29 is 5.11 Å². The molecule has 1 aromatic carbocycles. The van der Waals surface area contributed by atoms with Crippen molar-refractivity contribution in [3.8, 4) is 0 Å². The van der Waals surface area contributed by atoms with Crippen LogP contribution in [0.1, 0.15) is 18.7 Å². The van der Waals surface area contributed by atoms with Gasteiger partial charge < -0.3 is 10.1 Å². The molecule has 2 aromatic rings. The van der Waals surface area contributed by atoms with E-state index in [0.29, 0.717) is 12.5 Å². The molecule has 0 radical (unpaired) electrons.